The SMILES string of the molecule is CC(=CCC(C=C(C)C(=O)O)COC(=O)Cc1ccccc1)C(=O)O. The monoisotopic (exact) mass is 346 g/mol. The predicted octanol–water partition coefficient (Wildman–Crippen LogP) is 2.84. The second kappa shape index (κ2) is 10.1. The molecule has 0 saturated carbocycles. The lowest BCUT2D eigenvalue weighted by atomic mass is 10.0. The molecule has 0 aliphatic heterocycles. The van der Waals surface area contributed by atoms with E-state index in [2.05, 4.69) is 0 Å². The number of hydrogen-bond acceptors (Lipinski definition) is 4. The molecule has 0 radical (unpaired) electrons. The summed E-state index contributed by atoms with van der Waals surface area (Å²) in [4.78, 5) is 33.7. The highest BCUT2D eigenvalue weighted by atomic mass is 16.5. The van der Waals surface area contributed by atoms with Gasteiger partial charge in [0, 0.05) is 17.1 Å². The molecule has 1 atom stereocenters. The van der Waals surface area contributed by atoms with Crippen LogP contribution in [0.4, 0.5) is 0 Å². The van der Waals surface area contributed by atoms with Crippen molar-refractivity contribution in [1.29, 1.82) is 0 Å². The lowest BCUT2D eigenvalue weighted by Crippen LogP contribution is -2.15. The summed E-state index contributed by atoms with van der Waals surface area (Å²) in [5, 5.41) is 17.9. The van der Waals surface area contributed by atoms with E-state index in [-0.39, 0.29) is 30.6 Å². The van der Waals surface area contributed by atoms with Gasteiger partial charge in [-0.2, -0.15) is 0 Å². The van der Waals surface area contributed by atoms with E-state index in [1.165, 1.54) is 26.0 Å². The maximum Gasteiger partial charge on any atom is 0.330 e. The first-order valence-corrected chi connectivity index (χ1v) is 7.81. The minimum Gasteiger partial charge on any atom is -0.478 e. The molecule has 0 aliphatic rings. The second-order valence-corrected chi connectivity index (χ2v) is 5.69. The molecule has 0 bridgehead atoms. The Morgan fingerprint density at radius 1 is 1.04 bits per heavy atom. The van der Waals surface area contributed by atoms with E-state index in [0.717, 1.165) is 5.56 Å². The molecular formula is C19H22O6. The Morgan fingerprint density at radius 3 is 2.20 bits per heavy atom. The van der Waals surface area contributed by atoms with Crippen molar-refractivity contribution >= 4 is 17.9 Å². The van der Waals surface area contributed by atoms with Crippen molar-refractivity contribution in [2.75, 3.05) is 6.61 Å². The average molecular weight is 346 g/mol. The van der Waals surface area contributed by atoms with E-state index in [1.807, 2.05) is 30.3 Å². The van der Waals surface area contributed by atoms with Crippen molar-refractivity contribution in [1.82, 2.24) is 0 Å². The number of benzene rings is 1. The van der Waals surface area contributed by atoms with Crippen LogP contribution in [0, 0.1) is 5.92 Å². The Bertz CT molecular complexity index is 672. The van der Waals surface area contributed by atoms with Crippen molar-refractivity contribution in [3.8, 4) is 0 Å². The molecule has 0 spiro atoms. The molecule has 0 saturated heterocycles. The Kier molecular flexibility index (Phi) is 8.12. The molecule has 134 valence electrons. The first kappa shape index (κ1) is 20.2. The summed E-state index contributed by atoms with van der Waals surface area (Å²) in [5.74, 6) is -2.94. The van der Waals surface area contributed by atoms with E-state index in [4.69, 9.17) is 14.9 Å². The highest BCUT2D eigenvalue weighted by Crippen LogP contribution is 2.13. The van der Waals surface area contributed by atoms with Crippen LogP contribution in [-0.2, 0) is 25.5 Å². The van der Waals surface area contributed by atoms with E-state index < -0.39 is 23.8 Å². The van der Waals surface area contributed by atoms with Crippen molar-refractivity contribution in [2.45, 2.75) is 26.7 Å². The molecule has 1 rings (SSSR count). The van der Waals surface area contributed by atoms with Gasteiger partial charge in [0.1, 0.15) is 0 Å². The number of aliphatic carboxylic acids is 2. The lowest BCUT2D eigenvalue weighted by Gasteiger charge is -2.13. The third kappa shape index (κ3) is 7.97. The molecule has 6 heteroatoms. The van der Waals surface area contributed by atoms with E-state index in [9.17, 15) is 14.4 Å². The summed E-state index contributed by atoms with van der Waals surface area (Å²) in [6, 6.07) is 9.12. The molecular weight excluding hydrogens is 324 g/mol. The largest absolute Gasteiger partial charge is 0.478 e. The number of carboxylic acid groups (broad SMARTS) is 2. The maximum absolute atomic E-state index is 11.9. The van der Waals surface area contributed by atoms with Gasteiger partial charge in [-0.25, -0.2) is 9.59 Å². The summed E-state index contributed by atoms with van der Waals surface area (Å²) < 4.78 is 5.23. The third-order valence-corrected chi connectivity index (χ3v) is 3.54. The van der Waals surface area contributed by atoms with Crippen LogP contribution < -0.4 is 0 Å². The maximum atomic E-state index is 11.9. The molecule has 25 heavy (non-hydrogen) atoms. The minimum absolute atomic E-state index is 0.0142. The summed E-state index contributed by atoms with van der Waals surface area (Å²) in [6.07, 6.45) is 3.36. The van der Waals surface area contributed by atoms with E-state index in [0.29, 0.717) is 0 Å². The molecule has 2 N–H and O–H groups in total. The van der Waals surface area contributed by atoms with Crippen LogP contribution in [-0.4, -0.2) is 34.7 Å². The molecule has 0 heterocycles. The van der Waals surface area contributed by atoms with Gasteiger partial charge in [-0.3, -0.25) is 4.79 Å². The number of carbonyl (C=O) groups is 3. The summed E-state index contributed by atoms with van der Waals surface area (Å²) >= 11 is 0. The van der Waals surface area contributed by atoms with Gasteiger partial charge in [0.2, 0.25) is 0 Å². The van der Waals surface area contributed by atoms with Crippen LogP contribution in [0.2, 0.25) is 0 Å². The Hall–Kier alpha value is -2.89. The van der Waals surface area contributed by atoms with Crippen LogP contribution in [0.1, 0.15) is 25.8 Å². The van der Waals surface area contributed by atoms with Gasteiger partial charge < -0.3 is 14.9 Å². The van der Waals surface area contributed by atoms with Crippen molar-refractivity contribution in [3.63, 3.8) is 0 Å². The highest BCUT2D eigenvalue weighted by molar-refractivity contribution is 5.86. The number of allylic oxidation sites excluding steroid dienone is 1. The number of carboxylic acids is 2. The van der Waals surface area contributed by atoms with Crippen LogP contribution in [0.15, 0.2) is 53.6 Å². The second-order valence-electron chi connectivity index (χ2n) is 5.69. The topological polar surface area (TPSA) is 101 Å². The van der Waals surface area contributed by atoms with Gasteiger partial charge in [0.25, 0.3) is 0 Å². The highest BCUT2D eigenvalue weighted by Gasteiger charge is 2.13. The lowest BCUT2D eigenvalue weighted by molar-refractivity contribution is -0.143. The van der Waals surface area contributed by atoms with Gasteiger partial charge in [0.05, 0.1) is 13.0 Å². The minimum atomic E-state index is -1.07. The fourth-order valence-corrected chi connectivity index (χ4v) is 2.04. The molecule has 0 amide bonds. The predicted molar refractivity (Wildman–Crippen MR) is 92.0 cm³/mol. The quantitative estimate of drug-likeness (QED) is 0.527. The standard InChI is InChI=1S/C19H22O6/c1-13(18(21)22)8-9-16(10-14(2)19(23)24)12-25-17(20)11-15-6-4-3-5-7-15/h3-8,10,16H,9,11-12H2,1-2H3,(H,21,22)(H,23,24). The molecule has 0 aliphatic carbocycles. The molecule has 0 fully saturated rings. The average Bonchev–Trinajstić information content (AvgIpc) is 2.57. The van der Waals surface area contributed by atoms with E-state index >= 15 is 0 Å². The molecule has 0 aromatic heterocycles. The number of carbonyl (C=O) groups excluding carboxylic acids is 1. The van der Waals surface area contributed by atoms with Gasteiger partial charge in [0.15, 0.2) is 0 Å². The smallest absolute Gasteiger partial charge is 0.330 e. The fourth-order valence-electron chi connectivity index (χ4n) is 2.04. The molecule has 1 aromatic rings. The van der Waals surface area contributed by atoms with Crippen molar-refractivity contribution in [2.24, 2.45) is 5.92 Å². The Balaban J connectivity index is 2.70. The summed E-state index contributed by atoms with van der Waals surface area (Å²) in [5.41, 5.74) is 1.09. The number of rotatable bonds is 9. The molecule has 6 nitrogen and oxygen atoms in total. The Labute approximate surface area is 146 Å². The third-order valence-electron chi connectivity index (χ3n) is 3.54. The van der Waals surface area contributed by atoms with Crippen molar-refractivity contribution in [3.05, 3.63) is 59.2 Å². The first-order chi connectivity index (χ1) is 11.8. The summed E-state index contributed by atoms with van der Waals surface area (Å²) in [7, 11) is 0. The van der Waals surface area contributed by atoms with E-state index in [1.54, 1.807) is 0 Å². The van der Waals surface area contributed by atoms with Gasteiger partial charge in [-0.05, 0) is 25.8 Å². The zero-order valence-electron chi connectivity index (χ0n) is 14.3. The summed E-state index contributed by atoms with van der Waals surface area (Å²) in [6.45, 7) is 2.88. The van der Waals surface area contributed by atoms with Crippen LogP contribution >= 0.6 is 0 Å². The fraction of sp³-hybridized carbons (Fsp3) is 0.316. The van der Waals surface area contributed by atoms with Crippen LogP contribution in [0.5, 0.6) is 0 Å². The first-order valence-electron chi connectivity index (χ1n) is 7.81. The Morgan fingerprint density at radius 2 is 1.64 bits per heavy atom. The zero-order chi connectivity index (χ0) is 18.8. The number of hydrogen-bond donors (Lipinski definition) is 2. The zero-order valence-corrected chi connectivity index (χ0v) is 14.3. The van der Waals surface area contributed by atoms with Crippen LogP contribution in [0.3, 0.4) is 0 Å². The van der Waals surface area contributed by atoms with Gasteiger partial charge in [-0.1, -0.05) is 42.5 Å². The van der Waals surface area contributed by atoms with Crippen molar-refractivity contribution < 1.29 is 29.3 Å². The van der Waals surface area contributed by atoms with Crippen LogP contribution in [0.25, 0.3) is 0 Å². The normalized spacial score (nSPS) is 13.2. The number of esters is 1. The molecule has 1 aromatic carbocycles. The van der Waals surface area contributed by atoms with Gasteiger partial charge >= 0.3 is 17.9 Å². The molecule has 1 unspecified atom stereocenters. The number of ether oxygens (including phenoxy) is 1. The van der Waals surface area contributed by atoms with Gasteiger partial charge in [-0.15, -0.1) is 0 Å².